The quantitative estimate of drug-likeness (QED) is 0.632. The van der Waals surface area contributed by atoms with Crippen molar-refractivity contribution in [1.82, 2.24) is 5.32 Å². The predicted molar refractivity (Wildman–Crippen MR) is 95.8 cm³/mol. The molecule has 1 aromatic rings. The van der Waals surface area contributed by atoms with E-state index in [1.807, 2.05) is 0 Å². The molecule has 136 valence electrons. The van der Waals surface area contributed by atoms with Crippen LogP contribution in [0.1, 0.15) is 12.8 Å². The molecule has 2 aliphatic carbocycles. The highest BCUT2D eigenvalue weighted by Gasteiger charge is 2.35. The van der Waals surface area contributed by atoms with E-state index in [-0.39, 0.29) is 12.5 Å². The lowest BCUT2D eigenvalue weighted by atomic mass is 9.94. The van der Waals surface area contributed by atoms with Gasteiger partial charge in [0.2, 0.25) is 0 Å². The molecule has 1 aromatic carbocycles. The van der Waals surface area contributed by atoms with Crippen LogP contribution in [0.25, 0.3) is 0 Å². The van der Waals surface area contributed by atoms with Crippen molar-refractivity contribution in [2.75, 3.05) is 30.4 Å². The number of anilines is 2. The van der Waals surface area contributed by atoms with E-state index in [1.165, 1.54) is 4.90 Å². The van der Waals surface area contributed by atoms with Crippen LogP contribution in [0.4, 0.5) is 11.4 Å². The number of carbonyl (C=O) groups is 3. The molecule has 3 unspecified atom stereocenters. The summed E-state index contributed by atoms with van der Waals surface area (Å²) < 4.78 is 5.34. The van der Waals surface area contributed by atoms with Crippen LogP contribution in [0.2, 0.25) is 0 Å². The monoisotopic (exact) mass is 355 g/mol. The van der Waals surface area contributed by atoms with E-state index in [0.29, 0.717) is 41.4 Å². The van der Waals surface area contributed by atoms with Crippen molar-refractivity contribution in [3.63, 3.8) is 0 Å². The van der Waals surface area contributed by atoms with Gasteiger partial charge in [0.25, 0.3) is 5.91 Å². The number of nitrogens with one attached hydrogen (secondary N) is 2. The van der Waals surface area contributed by atoms with Crippen molar-refractivity contribution in [2.24, 2.45) is 17.8 Å². The lowest BCUT2D eigenvalue weighted by molar-refractivity contribution is -0.136. The molecular formula is C19H21N3O4. The van der Waals surface area contributed by atoms with Gasteiger partial charge in [-0.3, -0.25) is 14.4 Å². The van der Waals surface area contributed by atoms with Gasteiger partial charge < -0.3 is 20.3 Å². The van der Waals surface area contributed by atoms with Gasteiger partial charge >= 0.3 is 11.8 Å². The lowest BCUT2D eigenvalue weighted by Crippen LogP contribution is -2.39. The smallest absolute Gasteiger partial charge is 0.313 e. The summed E-state index contributed by atoms with van der Waals surface area (Å²) in [5.41, 5.74) is 1.00. The Hall–Kier alpha value is -2.83. The minimum absolute atomic E-state index is 0.00415. The summed E-state index contributed by atoms with van der Waals surface area (Å²) in [5, 5.41) is 5.31. The Balaban J connectivity index is 1.35. The number of benzene rings is 1. The zero-order valence-electron chi connectivity index (χ0n) is 14.5. The molecule has 7 heteroatoms. The third-order valence-corrected chi connectivity index (χ3v) is 5.45. The molecule has 3 aliphatic rings. The highest BCUT2D eigenvalue weighted by atomic mass is 16.5. The van der Waals surface area contributed by atoms with Gasteiger partial charge in [0.15, 0.2) is 6.61 Å². The summed E-state index contributed by atoms with van der Waals surface area (Å²) in [6, 6.07) is 4.94. The van der Waals surface area contributed by atoms with Crippen LogP contribution in [0.15, 0.2) is 30.4 Å². The number of hydrogen-bond acceptors (Lipinski definition) is 4. The minimum atomic E-state index is -0.714. The van der Waals surface area contributed by atoms with E-state index in [9.17, 15) is 14.4 Å². The van der Waals surface area contributed by atoms with E-state index in [0.717, 1.165) is 12.8 Å². The average Bonchev–Trinajstić information content (AvgIpc) is 3.26. The van der Waals surface area contributed by atoms with Crippen LogP contribution in [0.3, 0.4) is 0 Å². The van der Waals surface area contributed by atoms with E-state index >= 15 is 0 Å². The average molecular weight is 355 g/mol. The molecule has 3 atom stereocenters. The fourth-order valence-corrected chi connectivity index (χ4v) is 3.97. The van der Waals surface area contributed by atoms with Crippen molar-refractivity contribution in [3.8, 4) is 5.75 Å². The van der Waals surface area contributed by atoms with Crippen molar-refractivity contribution in [2.45, 2.75) is 12.8 Å². The molecule has 0 spiro atoms. The number of likely N-dealkylation sites (N-methyl/N-ethyl adjacent to an activating group) is 1. The molecule has 1 saturated carbocycles. The Bertz CT molecular complexity index is 804. The largest absolute Gasteiger partial charge is 0.482 e. The van der Waals surface area contributed by atoms with Crippen molar-refractivity contribution in [1.29, 1.82) is 0 Å². The van der Waals surface area contributed by atoms with Gasteiger partial charge in [-0.15, -0.1) is 0 Å². The predicted octanol–water partition coefficient (Wildman–Crippen LogP) is 1.31. The number of carbonyl (C=O) groups excluding carboxylic acids is 3. The van der Waals surface area contributed by atoms with Gasteiger partial charge in [-0.05, 0) is 48.8 Å². The zero-order valence-corrected chi connectivity index (χ0v) is 14.5. The number of nitrogens with zero attached hydrogens (tertiary/aromatic N) is 1. The molecule has 0 aromatic heterocycles. The summed E-state index contributed by atoms with van der Waals surface area (Å²) in [5.74, 6) is 0.620. The van der Waals surface area contributed by atoms with Crippen LogP contribution in [-0.4, -0.2) is 37.9 Å². The maximum atomic E-state index is 12.1. The molecule has 3 amide bonds. The Kier molecular flexibility index (Phi) is 4.14. The minimum Gasteiger partial charge on any atom is -0.482 e. The first-order valence-corrected chi connectivity index (χ1v) is 8.82. The van der Waals surface area contributed by atoms with Crippen molar-refractivity contribution in [3.05, 3.63) is 30.4 Å². The van der Waals surface area contributed by atoms with E-state index in [1.54, 1.807) is 25.2 Å². The Morgan fingerprint density at radius 3 is 2.81 bits per heavy atom. The van der Waals surface area contributed by atoms with Gasteiger partial charge in [-0.1, -0.05) is 12.2 Å². The molecule has 7 nitrogen and oxygen atoms in total. The highest BCUT2D eigenvalue weighted by molar-refractivity contribution is 6.39. The number of rotatable bonds is 3. The van der Waals surface area contributed by atoms with Crippen LogP contribution in [0, 0.1) is 17.8 Å². The number of allylic oxidation sites excluding steroid dienone is 2. The number of ether oxygens (including phenoxy) is 1. The zero-order chi connectivity index (χ0) is 18.3. The maximum Gasteiger partial charge on any atom is 0.313 e. The summed E-state index contributed by atoms with van der Waals surface area (Å²) >= 11 is 0. The van der Waals surface area contributed by atoms with Crippen LogP contribution in [-0.2, 0) is 14.4 Å². The molecule has 1 heterocycles. The second-order valence-corrected chi connectivity index (χ2v) is 7.13. The molecule has 26 heavy (non-hydrogen) atoms. The number of fused-ring (bicyclic) bond motifs is 3. The normalized spacial score (nSPS) is 25.7. The van der Waals surface area contributed by atoms with Gasteiger partial charge in [-0.2, -0.15) is 0 Å². The van der Waals surface area contributed by atoms with Crippen LogP contribution < -0.4 is 20.3 Å². The third-order valence-electron chi connectivity index (χ3n) is 5.45. The first-order chi connectivity index (χ1) is 12.5. The summed E-state index contributed by atoms with van der Waals surface area (Å²) in [7, 11) is 1.64. The molecule has 2 bridgehead atoms. The van der Waals surface area contributed by atoms with Crippen LogP contribution >= 0.6 is 0 Å². The number of amides is 3. The molecular weight excluding hydrogens is 334 g/mol. The Morgan fingerprint density at radius 1 is 1.23 bits per heavy atom. The highest BCUT2D eigenvalue weighted by Crippen LogP contribution is 2.42. The van der Waals surface area contributed by atoms with E-state index < -0.39 is 11.8 Å². The number of hydrogen-bond donors (Lipinski definition) is 2. The first-order valence-electron chi connectivity index (χ1n) is 8.82. The molecule has 0 saturated heterocycles. The third kappa shape index (κ3) is 3.05. The fourth-order valence-electron chi connectivity index (χ4n) is 3.97. The van der Waals surface area contributed by atoms with Gasteiger partial charge in [0.1, 0.15) is 5.75 Å². The summed E-state index contributed by atoms with van der Waals surface area (Å²) in [6.45, 7) is 0.517. The van der Waals surface area contributed by atoms with Crippen molar-refractivity contribution < 1.29 is 19.1 Å². The van der Waals surface area contributed by atoms with Gasteiger partial charge in [0, 0.05) is 19.3 Å². The second-order valence-electron chi connectivity index (χ2n) is 7.13. The standard InChI is InChI=1S/C19H21N3O4/c1-22-15-8-14(4-5-16(15)26-10-17(22)23)21-19(25)18(24)20-9-13-7-11-2-3-12(13)6-11/h2-5,8,11-13H,6-7,9-10H2,1H3,(H,20,24)(H,21,25). The maximum absolute atomic E-state index is 12.1. The van der Waals surface area contributed by atoms with E-state index in [2.05, 4.69) is 22.8 Å². The lowest BCUT2D eigenvalue weighted by Gasteiger charge is -2.26. The SMILES string of the molecule is CN1C(=O)COc2ccc(NC(=O)C(=O)NCC3CC4C=CC3C4)cc21. The summed E-state index contributed by atoms with van der Waals surface area (Å²) in [4.78, 5) is 37.4. The molecule has 2 N–H and O–H groups in total. The fraction of sp³-hybridized carbons (Fsp3) is 0.421. The Morgan fingerprint density at radius 2 is 2.08 bits per heavy atom. The molecule has 0 radical (unpaired) electrons. The van der Waals surface area contributed by atoms with E-state index in [4.69, 9.17) is 4.74 Å². The molecule has 1 aliphatic heterocycles. The van der Waals surface area contributed by atoms with Gasteiger partial charge in [-0.25, -0.2) is 0 Å². The Labute approximate surface area is 151 Å². The second kappa shape index (κ2) is 6.48. The van der Waals surface area contributed by atoms with Gasteiger partial charge in [0.05, 0.1) is 5.69 Å². The first kappa shape index (κ1) is 16.6. The molecule has 4 rings (SSSR count). The van der Waals surface area contributed by atoms with Crippen molar-refractivity contribution >= 4 is 29.1 Å². The summed E-state index contributed by atoms with van der Waals surface area (Å²) in [6.07, 6.45) is 6.71. The topological polar surface area (TPSA) is 87.7 Å². The van der Waals surface area contributed by atoms with Crippen LogP contribution in [0.5, 0.6) is 5.75 Å². The molecule has 1 fully saturated rings.